The molecule has 2 heterocycles. The molecular weight excluding hydrogens is 281 g/mol. The molecule has 0 spiro atoms. The van der Waals surface area contributed by atoms with E-state index >= 15 is 0 Å². The first-order chi connectivity index (χ1) is 9.47. The van der Waals surface area contributed by atoms with Crippen LogP contribution in [0.3, 0.4) is 0 Å². The molecule has 9 heteroatoms. The first-order valence-corrected chi connectivity index (χ1v) is 6.17. The van der Waals surface area contributed by atoms with Crippen LogP contribution in [0.5, 0.6) is 0 Å². The summed E-state index contributed by atoms with van der Waals surface area (Å²) in [6, 6.07) is -0.285. The molecule has 0 aromatic heterocycles. The molecule has 1 fully saturated rings. The molecule has 1 N–H and O–H groups in total. The number of piperidine rings is 1. The minimum Gasteiger partial charge on any atom is -0.462 e. The first kappa shape index (κ1) is 14.9. The number of alkyl halides is 3. The molecule has 0 aliphatic carbocycles. The van der Waals surface area contributed by atoms with Crippen molar-refractivity contribution in [3.8, 4) is 0 Å². The van der Waals surface area contributed by atoms with Gasteiger partial charge in [-0.1, -0.05) is 0 Å². The Bertz CT molecular complexity index is 380. The van der Waals surface area contributed by atoms with Crippen LogP contribution in [0.25, 0.3) is 0 Å². The zero-order chi connectivity index (χ0) is 14.6. The van der Waals surface area contributed by atoms with Gasteiger partial charge in [0.1, 0.15) is 6.26 Å². The van der Waals surface area contributed by atoms with Crippen molar-refractivity contribution in [2.45, 2.75) is 25.1 Å². The van der Waals surface area contributed by atoms with Gasteiger partial charge in [-0.05, 0) is 25.9 Å². The van der Waals surface area contributed by atoms with Gasteiger partial charge in [0, 0.05) is 6.04 Å². The Hall–Kier alpha value is -1.48. The lowest BCUT2D eigenvalue weighted by atomic mass is 10.1. The summed E-state index contributed by atoms with van der Waals surface area (Å²) in [5.41, 5.74) is 0. The lowest BCUT2D eigenvalue weighted by Crippen LogP contribution is -2.46. The second kappa shape index (κ2) is 6.31. The average molecular weight is 296 g/mol. The highest BCUT2D eigenvalue weighted by Gasteiger charge is 2.43. The molecule has 2 aliphatic heterocycles. The van der Waals surface area contributed by atoms with Gasteiger partial charge in [0.25, 0.3) is 0 Å². The van der Waals surface area contributed by atoms with E-state index in [0.29, 0.717) is 31.7 Å². The number of carbonyl (C=O) groups excluding carboxylic acids is 1. The largest absolute Gasteiger partial charge is 0.492 e. The van der Waals surface area contributed by atoms with Crippen molar-refractivity contribution < 1.29 is 32.3 Å². The summed E-state index contributed by atoms with van der Waals surface area (Å²) in [6.45, 7) is 1.26. The number of hydrogen-bond acceptors (Lipinski definition) is 6. The lowest BCUT2D eigenvalue weighted by molar-refractivity contribution is -0.247. The molecule has 0 amide bonds. The van der Waals surface area contributed by atoms with Crippen LogP contribution in [0.2, 0.25) is 0 Å². The Morgan fingerprint density at radius 3 is 2.70 bits per heavy atom. The van der Waals surface area contributed by atoms with Gasteiger partial charge in [-0.2, -0.15) is 13.2 Å². The van der Waals surface area contributed by atoms with Gasteiger partial charge in [-0.3, -0.25) is 0 Å². The van der Waals surface area contributed by atoms with Crippen LogP contribution in [0.15, 0.2) is 12.0 Å². The van der Waals surface area contributed by atoms with Crippen LogP contribution >= 0.6 is 0 Å². The summed E-state index contributed by atoms with van der Waals surface area (Å²) in [5.74, 6) is -1.89. The Morgan fingerprint density at radius 1 is 1.45 bits per heavy atom. The van der Waals surface area contributed by atoms with Gasteiger partial charge >= 0.3 is 12.1 Å². The molecule has 0 saturated carbocycles. The molecule has 6 nitrogen and oxygen atoms in total. The SMILES string of the molecule is O=C(ON(CC1=COCO1)C1CCNCC1)C(F)(F)F. The van der Waals surface area contributed by atoms with Crippen LogP contribution in [0.1, 0.15) is 12.8 Å². The summed E-state index contributed by atoms with van der Waals surface area (Å²) in [7, 11) is 0. The van der Waals surface area contributed by atoms with E-state index in [1.165, 1.54) is 6.26 Å². The summed E-state index contributed by atoms with van der Waals surface area (Å²) in [4.78, 5) is 15.5. The zero-order valence-corrected chi connectivity index (χ0v) is 10.6. The Balaban J connectivity index is 2.00. The topological polar surface area (TPSA) is 60.0 Å². The van der Waals surface area contributed by atoms with Gasteiger partial charge < -0.3 is 19.6 Å². The fourth-order valence-electron chi connectivity index (χ4n) is 2.00. The van der Waals surface area contributed by atoms with E-state index < -0.39 is 12.1 Å². The predicted octanol–water partition coefficient (Wildman–Crippen LogP) is 0.907. The maximum atomic E-state index is 12.3. The highest BCUT2D eigenvalue weighted by Crippen LogP contribution is 2.22. The molecular formula is C11H15F3N2O4. The number of nitrogens with one attached hydrogen (secondary N) is 1. The minimum absolute atomic E-state index is 0.0165. The standard InChI is InChI=1S/C11H15F3N2O4/c12-11(13,14)10(17)20-16(5-9-6-18-7-19-9)8-1-3-15-4-2-8/h6,8,15H,1-5,7H2. The molecule has 2 aliphatic rings. The van der Waals surface area contributed by atoms with E-state index in [1.807, 2.05) is 0 Å². The maximum Gasteiger partial charge on any atom is 0.492 e. The van der Waals surface area contributed by atoms with Crippen molar-refractivity contribution in [3.63, 3.8) is 0 Å². The number of hydrogen-bond donors (Lipinski definition) is 1. The average Bonchev–Trinajstić information content (AvgIpc) is 2.91. The number of nitrogens with zero attached hydrogens (tertiary/aromatic N) is 1. The second-order valence-corrected chi connectivity index (χ2v) is 4.45. The Kier molecular flexibility index (Phi) is 4.71. The third-order valence-electron chi connectivity index (χ3n) is 2.99. The highest BCUT2D eigenvalue weighted by atomic mass is 19.4. The van der Waals surface area contributed by atoms with E-state index in [9.17, 15) is 18.0 Å². The number of halogens is 3. The van der Waals surface area contributed by atoms with Gasteiger partial charge in [-0.15, -0.1) is 5.06 Å². The van der Waals surface area contributed by atoms with E-state index in [2.05, 4.69) is 10.2 Å². The third kappa shape index (κ3) is 4.01. The van der Waals surface area contributed by atoms with Crippen LogP contribution in [0, 0.1) is 0 Å². The summed E-state index contributed by atoms with van der Waals surface area (Å²) < 4.78 is 46.8. The summed E-state index contributed by atoms with van der Waals surface area (Å²) >= 11 is 0. The van der Waals surface area contributed by atoms with Gasteiger partial charge in [0.05, 0.1) is 6.54 Å². The molecule has 0 unspecified atom stereocenters. The van der Waals surface area contributed by atoms with E-state index in [1.54, 1.807) is 0 Å². The molecule has 0 radical (unpaired) electrons. The van der Waals surface area contributed by atoms with Crippen molar-refractivity contribution in [3.05, 3.63) is 12.0 Å². The van der Waals surface area contributed by atoms with E-state index in [0.717, 1.165) is 5.06 Å². The van der Waals surface area contributed by atoms with Crippen molar-refractivity contribution >= 4 is 5.97 Å². The second-order valence-electron chi connectivity index (χ2n) is 4.45. The fraction of sp³-hybridized carbons (Fsp3) is 0.727. The van der Waals surface area contributed by atoms with Gasteiger partial charge in [0.2, 0.25) is 6.79 Å². The minimum atomic E-state index is -5.02. The summed E-state index contributed by atoms with van der Waals surface area (Å²) in [6.07, 6.45) is -2.55. The molecule has 0 atom stereocenters. The van der Waals surface area contributed by atoms with E-state index in [4.69, 9.17) is 9.47 Å². The molecule has 2 rings (SSSR count). The molecule has 0 bridgehead atoms. The smallest absolute Gasteiger partial charge is 0.462 e. The fourth-order valence-corrected chi connectivity index (χ4v) is 2.00. The lowest BCUT2D eigenvalue weighted by Gasteiger charge is -2.32. The molecule has 0 aromatic rings. The van der Waals surface area contributed by atoms with Crippen LogP contribution in [0.4, 0.5) is 13.2 Å². The van der Waals surface area contributed by atoms with Crippen molar-refractivity contribution in [2.75, 3.05) is 26.4 Å². The number of ether oxygens (including phenoxy) is 2. The van der Waals surface area contributed by atoms with Crippen LogP contribution < -0.4 is 5.32 Å². The number of carbonyl (C=O) groups is 1. The quantitative estimate of drug-likeness (QED) is 0.778. The number of rotatable bonds is 4. The normalized spacial score (nSPS) is 20.3. The zero-order valence-electron chi connectivity index (χ0n) is 10.6. The first-order valence-electron chi connectivity index (χ1n) is 6.17. The van der Waals surface area contributed by atoms with Crippen molar-refractivity contribution in [1.29, 1.82) is 0 Å². The van der Waals surface area contributed by atoms with Crippen LogP contribution in [-0.4, -0.2) is 49.7 Å². The Morgan fingerprint density at radius 2 is 2.15 bits per heavy atom. The predicted molar refractivity (Wildman–Crippen MR) is 59.9 cm³/mol. The molecule has 20 heavy (non-hydrogen) atoms. The van der Waals surface area contributed by atoms with Gasteiger partial charge in [0.15, 0.2) is 5.76 Å². The van der Waals surface area contributed by atoms with Crippen molar-refractivity contribution in [2.24, 2.45) is 0 Å². The monoisotopic (exact) mass is 296 g/mol. The number of hydroxylamine groups is 2. The highest BCUT2D eigenvalue weighted by molar-refractivity contribution is 5.75. The van der Waals surface area contributed by atoms with Gasteiger partial charge in [-0.25, -0.2) is 4.79 Å². The van der Waals surface area contributed by atoms with E-state index in [-0.39, 0.29) is 19.4 Å². The maximum absolute atomic E-state index is 12.3. The molecule has 1 saturated heterocycles. The summed E-state index contributed by atoms with van der Waals surface area (Å²) in [5, 5.41) is 4.11. The van der Waals surface area contributed by atoms with Crippen LogP contribution in [-0.2, 0) is 19.1 Å². The molecule has 114 valence electrons. The third-order valence-corrected chi connectivity index (χ3v) is 2.99. The molecule has 0 aromatic carbocycles. The Labute approximate surface area is 113 Å². The van der Waals surface area contributed by atoms with Crippen molar-refractivity contribution in [1.82, 2.24) is 10.4 Å².